The molecule has 7 heteroatoms. The van der Waals surface area contributed by atoms with E-state index in [0.29, 0.717) is 21.9 Å². The average molecular weight is 387 g/mol. The second-order valence-corrected chi connectivity index (χ2v) is 7.53. The number of halogens is 1. The predicted octanol–water partition coefficient (Wildman–Crippen LogP) is 4.11. The monoisotopic (exact) mass is 386 g/mol. The third-order valence-electron chi connectivity index (χ3n) is 4.77. The Hall–Kier alpha value is -2.52. The Morgan fingerprint density at radius 2 is 2.11 bits per heavy atom. The van der Waals surface area contributed by atoms with Crippen molar-refractivity contribution in [2.45, 2.75) is 57.7 Å². The van der Waals surface area contributed by atoms with Crippen molar-refractivity contribution in [3.05, 3.63) is 46.7 Å². The summed E-state index contributed by atoms with van der Waals surface area (Å²) in [5.74, 6) is 0.595. The van der Waals surface area contributed by atoms with Gasteiger partial charge in [0.1, 0.15) is 11.8 Å². The van der Waals surface area contributed by atoms with Gasteiger partial charge in [-0.15, -0.1) is 0 Å². The smallest absolute Gasteiger partial charge is 0.254 e. The molecule has 2 aromatic rings. The summed E-state index contributed by atoms with van der Waals surface area (Å²) in [6.45, 7) is 4.05. The Morgan fingerprint density at radius 3 is 2.70 bits per heavy atom. The average Bonchev–Trinajstić information content (AvgIpc) is 3.14. The van der Waals surface area contributed by atoms with Crippen LogP contribution in [0.3, 0.4) is 0 Å². The van der Waals surface area contributed by atoms with Crippen LogP contribution in [-0.4, -0.2) is 27.8 Å². The van der Waals surface area contributed by atoms with E-state index in [1.165, 1.54) is 0 Å². The molecule has 1 saturated carbocycles. The van der Waals surface area contributed by atoms with Crippen LogP contribution in [0, 0.1) is 11.3 Å². The van der Waals surface area contributed by atoms with Gasteiger partial charge in [0, 0.05) is 24.3 Å². The zero-order chi connectivity index (χ0) is 19.4. The number of carbonyl (C=O) groups excluding carboxylic acids is 1. The van der Waals surface area contributed by atoms with Crippen molar-refractivity contribution < 1.29 is 9.53 Å². The van der Waals surface area contributed by atoms with Crippen molar-refractivity contribution in [1.82, 2.24) is 15.1 Å². The lowest BCUT2D eigenvalue weighted by Crippen LogP contribution is -2.39. The van der Waals surface area contributed by atoms with Crippen LogP contribution in [-0.2, 0) is 0 Å². The van der Waals surface area contributed by atoms with E-state index < -0.39 is 0 Å². The van der Waals surface area contributed by atoms with Gasteiger partial charge < -0.3 is 10.1 Å². The number of rotatable bonds is 5. The van der Waals surface area contributed by atoms with Crippen LogP contribution in [0.5, 0.6) is 5.75 Å². The number of nitrogens with zero attached hydrogens (tertiary/aromatic N) is 3. The molecule has 3 rings (SSSR count). The summed E-state index contributed by atoms with van der Waals surface area (Å²) in [6.07, 6.45) is 6.91. The Kier molecular flexibility index (Phi) is 6.02. The van der Waals surface area contributed by atoms with Crippen molar-refractivity contribution in [2.75, 3.05) is 0 Å². The van der Waals surface area contributed by atoms with Crippen LogP contribution < -0.4 is 10.1 Å². The molecule has 1 aliphatic carbocycles. The molecule has 0 radical (unpaired) electrons. The second kappa shape index (κ2) is 8.45. The lowest BCUT2D eigenvalue weighted by atomic mass is 9.92. The fourth-order valence-corrected chi connectivity index (χ4v) is 3.40. The zero-order valence-corrected chi connectivity index (χ0v) is 16.2. The molecule has 1 aromatic carbocycles. The first-order valence-corrected chi connectivity index (χ1v) is 9.55. The van der Waals surface area contributed by atoms with E-state index in [2.05, 4.69) is 10.4 Å². The van der Waals surface area contributed by atoms with Gasteiger partial charge in [-0.1, -0.05) is 11.6 Å². The maximum Gasteiger partial charge on any atom is 0.254 e. The fraction of sp³-hybridized carbons (Fsp3) is 0.450. The molecule has 0 aliphatic heterocycles. The molecule has 0 bridgehead atoms. The van der Waals surface area contributed by atoms with Gasteiger partial charge >= 0.3 is 0 Å². The van der Waals surface area contributed by atoms with Gasteiger partial charge in [-0.25, -0.2) is 0 Å². The zero-order valence-electron chi connectivity index (χ0n) is 15.5. The molecule has 0 saturated heterocycles. The largest absolute Gasteiger partial charge is 0.490 e. The number of nitrogens with one attached hydrogen (secondary N) is 1. The second-order valence-electron chi connectivity index (χ2n) is 7.12. The minimum absolute atomic E-state index is 0.0786. The van der Waals surface area contributed by atoms with Gasteiger partial charge in [-0.2, -0.15) is 10.4 Å². The maximum atomic E-state index is 12.4. The van der Waals surface area contributed by atoms with Crippen molar-refractivity contribution >= 4 is 17.5 Å². The molecule has 0 spiro atoms. The minimum atomic E-state index is -0.0786. The van der Waals surface area contributed by atoms with Crippen molar-refractivity contribution in [3.8, 4) is 11.8 Å². The Bertz CT molecular complexity index is 848. The molecular weight excluding hydrogens is 364 g/mol. The van der Waals surface area contributed by atoms with Crippen LogP contribution in [0.2, 0.25) is 5.02 Å². The van der Waals surface area contributed by atoms with Gasteiger partial charge in [-0.3, -0.25) is 9.48 Å². The van der Waals surface area contributed by atoms with Gasteiger partial charge in [0.15, 0.2) is 0 Å². The van der Waals surface area contributed by atoms with Crippen LogP contribution in [0.15, 0.2) is 30.6 Å². The van der Waals surface area contributed by atoms with Gasteiger partial charge in [-0.05, 0) is 51.7 Å². The van der Waals surface area contributed by atoms with E-state index in [4.69, 9.17) is 21.6 Å². The van der Waals surface area contributed by atoms with E-state index >= 15 is 0 Å². The minimum Gasteiger partial charge on any atom is -0.490 e. The Balaban J connectivity index is 1.49. The summed E-state index contributed by atoms with van der Waals surface area (Å²) >= 11 is 6.05. The molecule has 6 nitrogen and oxygen atoms in total. The van der Waals surface area contributed by atoms with Crippen molar-refractivity contribution in [2.24, 2.45) is 0 Å². The summed E-state index contributed by atoms with van der Waals surface area (Å²) in [5.41, 5.74) is 1.03. The number of ether oxygens (including phenoxy) is 1. The molecule has 27 heavy (non-hydrogen) atoms. The number of carbonyl (C=O) groups is 1. The van der Waals surface area contributed by atoms with E-state index in [1.807, 2.05) is 19.9 Å². The topological polar surface area (TPSA) is 79.9 Å². The molecular formula is C20H23ClN4O2. The highest BCUT2D eigenvalue weighted by atomic mass is 35.5. The summed E-state index contributed by atoms with van der Waals surface area (Å²) < 4.78 is 7.76. The number of aromatic nitrogens is 2. The molecule has 1 aliphatic rings. The first kappa shape index (κ1) is 19.2. The highest BCUT2D eigenvalue weighted by Gasteiger charge is 2.24. The van der Waals surface area contributed by atoms with E-state index in [1.54, 1.807) is 35.3 Å². The molecule has 142 valence electrons. The standard InChI is InChI=1S/C20H23ClN4O2/c1-13(2)25-12-15(11-23-25)20(26)24-16-4-7-17(8-5-16)27-18-6-3-14(10-22)19(21)9-18/h3,6,9,11-13,16-17H,4-5,7-8H2,1-2H3,(H,24,26). The molecule has 1 N–H and O–H groups in total. The summed E-state index contributed by atoms with van der Waals surface area (Å²) in [5, 5.41) is 16.6. The third-order valence-corrected chi connectivity index (χ3v) is 5.08. The van der Waals surface area contributed by atoms with E-state index in [9.17, 15) is 4.79 Å². The lowest BCUT2D eigenvalue weighted by molar-refractivity contribution is 0.0894. The summed E-state index contributed by atoms with van der Waals surface area (Å²) in [6, 6.07) is 7.53. The predicted molar refractivity (Wildman–Crippen MR) is 103 cm³/mol. The van der Waals surface area contributed by atoms with E-state index in [-0.39, 0.29) is 24.1 Å². The van der Waals surface area contributed by atoms with Crippen molar-refractivity contribution in [1.29, 1.82) is 5.26 Å². The number of hydrogen-bond donors (Lipinski definition) is 1. The molecule has 1 fully saturated rings. The van der Waals surface area contributed by atoms with Crippen molar-refractivity contribution in [3.63, 3.8) is 0 Å². The molecule has 1 amide bonds. The first-order chi connectivity index (χ1) is 13.0. The van der Waals surface area contributed by atoms with Gasteiger partial charge in [0.2, 0.25) is 0 Å². The molecule has 0 unspecified atom stereocenters. The SMILES string of the molecule is CC(C)n1cc(C(=O)NC2CCC(Oc3ccc(C#N)c(Cl)c3)CC2)cn1. The van der Waals surface area contributed by atoms with Crippen LogP contribution >= 0.6 is 11.6 Å². The number of hydrogen-bond acceptors (Lipinski definition) is 4. The number of nitriles is 1. The van der Waals surface area contributed by atoms with Gasteiger partial charge in [0.25, 0.3) is 5.91 Å². The fourth-order valence-electron chi connectivity index (χ4n) is 3.18. The summed E-state index contributed by atoms with van der Waals surface area (Å²) in [4.78, 5) is 12.4. The Labute approximate surface area is 164 Å². The molecule has 1 heterocycles. The van der Waals surface area contributed by atoms with Crippen LogP contribution in [0.4, 0.5) is 0 Å². The highest BCUT2D eigenvalue weighted by Crippen LogP contribution is 2.27. The molecule has 1 aromatic heterocycles. The number of amides is 1. The Morgan fingerprint density at radius 1 is 1.37 bits per heavy atom. The highest BCUT2D eigenvalue weighted by molar-refractivity contribution is 6.31. The maximum absolute atomic E-state index is 12.4. The van der Waals surface area contributed by atoms with Crippen LogP contribution in [0.25, 0.3) is 0 Å². The number of benzene rings is 1. The van der Waals surface area contributed by atoms with Crippen LogP contribution in [0.1, 0.15) is 61.5 Å². The normalized spacial score (nSPS) is 19.5. The third kappa shape index (κ3) is 4.81. The quantitative estimate of drug-likeness (QED) is 0.838. The van der Waals surface area contributed by atoms with E-state index in [0.717, 1.165) is 25.7 Å². The first-order valence-electron chi connectivity index (χ1n) is 9.17. The molecule has 0 atom stereocenters. The lowest BCUT2D eigenvalue weighted by Gasteiger charge is -2.29. The van der Waals surface area contributed by atoms with Gasteiger partial charge in [0.05, 0.1) is 28.5 Å². The summed E-state index contributed by atoms with van der Waals surface area (Å²) in [7, 11) is 0.